The van der Waals surface area contributed by atoms with Crippen molar-refractivity contribution in [3.8, 4) is 0 Å². The fourth-order valence-corrected chi connectivity index (χ4v) is 2.77. The summed E-state index contributed by atoms with van der Waals surface area (Å²) in [6.07, 6.45) is 0.504. The van der Waals surface area contributed by atoms with E-state index in [4.69, 9.17) is 10.8 Å². The highest BCUT2D eigenvalue weighted by molar-refractivity contribution is 6.01. The number of carboxylic acid groups (broad SMARTS) is 1. The molecule has 0 radical (unpaired) electrons. The van der Waals surface area contributed by atoms with Crippen LogP contribution in [0.25, 0.3) is 0 Å². The maximum atomic E-state index is 12.5. The second kappa shape index (κ2) is 6.00. The molecule has 0 spiro atoms. The van der Waals surface area contributed by atoms with Crippen molar-refractivity contribution in [3.05, 3.63) is 33.9 Å². The average molecular weight is 307 g/mol. The fourth-order valence-electron chi connectivity index (χ4n) is 2.77. The summed E-state index contributed by atoms with van der Waals surface area (Å²) in [6.45, 7) is 2.36. The van der Waals surface area contributed by atoms with Crippen molar-refractivity contribution in [2.75, 3.05) is 18.8 Å². The van der Waals surface area contributed by atoms with E-state index >= 15 is 0 Å². The predicted octanol–water partition coefficient (Wildman–Crippen LogP) is 1.36. The van der Waals surface area contributed by atoms with Crippen molar-refractivity contribution in [3.63, 3.8) is 0 Å². The molecule has 1 aliphatic rings. The van der Waals surface area contributed by atoms with Crippen molar-refractivity contribution < 1.29 is 19.6 Å². The molecule has 0 bridgehead atoms. The number of carbonyl (C=O) groups is 2. The summed E-state index contributed by atoms with van der Waals surface area (Å²) in [7, 11) is 0. The van der Waals surface area contributed by atoms with Crippen molar-refractivity contribution >= 4 is 23.3 Å². The van der Waals surface area contributed by atoms with Gasteiger partial charge in [0.25, 0.3) is 11.6 Å². The largest absolute Gasteiger partial charge is 0.481 e. The van der Waals surface area contributed by atoms with Crippen LogP contribution in [0.4, 0.5) is 11.4 Å². The van der Waals surface area contributed by atoms with Gasteiger partial charge in [-0.05, 0) is 18.4 Å². The second-order valence-electron chi connectivity index (χ2n) is 5.58. The van der Waals surface area contributed by atoms with Gasteiger partial charge in [0.15, 0.2) is 0 Å². The fraction of sp³-hybridized carbons (Fsp3) is 0.429. The van der Waals surface area contributed by atoms with Crippen LogP contribution in [0.5, 0.6) is 0 Å². The second-order valence-corrected chi connectivity index (χ2v) is 5.58. The van der Waals surface area contributed by atoms with Gasteiger partial charge in [-0.25, -0.2) is 0 Å². The quantitative estimate of drug-likeness (QED) is 0.493. The molecule has 1 amide bonds. The number of para-hydroxylation sites is 1. The van der Waals surface area contributed by atoms with E-state index < -0.39 is 22.7 Å². The van der Waals surface area contributed by atoms with Crippen LogP contribution in [0.3, 0.4) is 0 Å². The summed E-state index contributed by atoms with van der Waals surface area (Å²) in [6, 6.07) is 4.04. The number of nitro benzene ring substituents is 1. The summed E-state index contributed by atoms with van der Waals surface area (Å²) in [5, 5.41) is 20.0. The molecule has 3 N–H and O–H groups in total. The maximum absolute atomic E-state index is 12.5. The van der Waals surface area contributed by atoms with Gasteiger partial charge in [0.05, 0.1) is 16.4 Å². The van der Waals surface area contributed by atoms with Gasteiger partial charge in [0, 0.05) is 19.2 Å². The third-order valence-corrected chi connectivity index (χ3v) is 3.81. The van der Waals surface area contributed by atoms with Crippen molar-refractivity contribution in [1.82, 2.24) is 4.90 Å². The molecule has 1 heterocycles. The number of nitro groups is 1. The number of aliphatic carboxylic acids is 1. The Bertz CT molecular complexity index is 631. The average Bonchev–Trinajstić information content (AvgIpc) is 2.45. The maximum Gasteiger partial charge on any atom is 0.308 e. The Kier molecular flexibility index (Phi) is 4.30. The van der Waals surface area contributed by atoms with Gasteiger partial charge in [-0.3, -0.25) is 19.7 Å². The number of nitrogen functional groups attached to an aromatic ring is 1. The monoisotopic (exact) mass is 307 g/mol. The van der Waals surface area contributed by atoms with E-state index in [9.17, 15) is 19.7 Å². The highest BCUT2D eigenvalue weighted by Gasteiger charge is 2.33. The predicted molar refractivity (Wildman–Crippen MR) is 78.3 cm³/mol. The van der Waals surface area contributed by atoms with E-state index in [0.717, 1.165) is 0 Å². The van der Waals surface area contributed by atoms with Gasteiger partial charge in [0.1, 0.15) is 5.69 Å². The van der Waals surface area contributed by atoms with Crippen LogP contribution in [0.2, 0.25) is 0 Å². The van der Waals surface area contributed by atoms with Crippen LogP contribution in [0, 0.1) is 22.0 Å². The number of anilines is 1. The van der Waals surface area contributed by atoms with Crippen molar-refractivity contribution in [1.29, 1.82) is 0 Å². The number of nitrogens with two attached hydrogens (primary N) is 1. The molecular weight excluding hydrogens is 290 g/mol. The molecule has 118 valence electrons. The molecule has 1 aliphatic heterocycles. The zero-order valence-electron chi connectivity index (χ0n) is 12.1. The Balaban J connectivity index is 2.30. The number of piperidine rings is 1. The van der Waals surface area contributed by atoms with Gasteiger partial charge >= 0.3 is 5.97 Å². The summed E-state index contributed by atoms with van der Waals surface area (Å²) in [5.74, 6) is -2.01. The number of hydrogen-bond donors (Lipinski definition) is 2. The first-order valence-corrected chi connectivity index (χ1v) is 6.86. The lowest BCUT2D eigenvalue weighted by Crippen LogP contribution is -2.45. The number of nitrogens with zero attached hydrogens (tertiary/aromatic N) is 2. The van der Waals surface area contributed by atoms with Crippen LogP contribution in [0.1, 0.15) is 23.7 Å². The van der Waals surface area contributed by atoms with E-state index in [1.165, 1.54) is 23.1 Å². The van der Waals surface area contributed by atoms with E-state index in [2.05, 4.69) is 0 Å². The minimum Gasteiger partial charge on any atom is -0.481 e. The molecule has 22 heavy (non-hydrogen) atoms. The normalized spacial score (nSPS) is 21.4. The summed E-state index contributed by atoms with van der Waals surface area (Å²) < 4.78 is 0. The molecule has 0 aliphatic carbocycles. The van der Waals surface area contributed by atoms with Crippen molar-refractivity contribution in [2.45, 2.75) is 13.3 Å². The molecule has 1 aromatic carbocycles. The summed E-state index contributed by atoms with van der Waals surface area (Å²) in [4.78, 5) is 35.3. The van der Waals surface area contributed by atoms with Gasteiger partial charge in [0.2, 0.25) is 0 Å². The highest BCUT2D eigenvalue weighted by atomic mass is 16.6. The number of amides is 1. The Morgan fingerprint density at radius 3 is 2.68 bits per heavy atom. The number of carbonyl (C=O) groups excluding carboxylic acids is 1. The zero-order valence-corrected chi connectivity index (χ0v) is 12.1. The molecule has 1 fully saturated rings. The number of carboxylic acids is 1. The van der Waals surface area contributed by atoms with Crippen LogP contribution in [0.15, 0.2) is 18.2 Å². The van der Waals surface area contributed by atoms with Crippen molar-refractivity contribution in [2.24, 2.45) is 11.8 Å². The van der Waals surface area contributed by atoms with Crippen LogP contribution in [-0.4, -0.2) is 39.9 Å². The third kappa shape index (κ3) is 3.00. The van der Waals surface area contributed by atoms with Gasteiger partial charge in [-0.2, -0.15) is 0 Å². The lowest BCUT2D eigenvalue weighted by atomic mass is 9.90. The van der Waals surface area contributed by atoms with E-state index in [-0.39, 0.29) is 29.4 Å². The Morgan fingerprint density at radius 2 is 2.09 bits per heavy atom. The minimum absolute atomic E-state index is 0.0347. The first kappa shape index (κ1) is 15.7. The SMILES string of the molecule is CC1CC(C(=O)O)CN(C(=O)c2cccc([N+](=O)[O-])c2N)C1. The molecule has 2 rings (SSSR count). The Morgan fingerprint density at radius 1 is 1.41 bits per heavy atom. The molecule has 8 heteroatoms. The molecule has 2 unspecified atom stereocenters. The summed E-state index contributed by atoms with van der Waals surface area (Å²) >= 11 is 0. The van der Waals surface area contributed by atoms with E-state index in [1.54, 1.807) is 0 Å². The molecule has 1 aromatic rings. The molecule has 1 saturated heterocycles. The van der Waals surface area contributed by atoms with Crippen LogP contribution in [-0.2, 0) is 4.79 Å². The Labute approximate surface area is 126 Å². The summed E-state index contributed by atoms with van der Waals surface area (Å²) in [5.41, 5.74) is 5.23. The number of benzene rings is 1. The molecular formula is C14H17N3O5. The lowest BCUT2D eigenvalue weighted by molar-refractivity contribution is -0.383. The highest BCUT2D eigenvalue weighted by Crippen LogP contribution is 2.28. The molecule has 0 saturated carbocycles. The molecule has 2 atom stereocenters. The van der Waals surface area contributed by atoms with Gasteiger partial charge in [-0.1, -0.05) is 13.0 Å². The number of rotatable bonds is 3. The Hall–Kier alpha value is -2.64. The van der Waals surface area contributed by atoms with E-state index in [1.807, 2.05) is 6.92 Å². The number of hydrogen-bond acceptors (Lipinski definition) is 5. The van der Waals surface area contributed by atoms with Crippen LogP contribution >= 0.6 is 0 Å². The number of likely N-dealkylation sites (tertiary alicyclic amines) is 1. The third-order valence-electron chi connectivity index (χ3n) is 3.81. The first-order chi connectivity index (χ1) is 10.3. The first-order valence-electron chi connectivity index (χ1n) is 6.86. The van der Waals surface area contributed by atoms with E-state index in [0.29, 0.717) is 13.0 Å². The standard InChI is InChI=1S/C14H17N3O5/c1-8-5-9(14(19)20)7-16(6-8)13(18)10-3-2-4-11(12(10)15)17(21)22/h2-4,8-9H,5-7,15H2,1H3,(H,19,20). The topological polar surface area (TPSA) is 127 Å². The smallest absolute Gasteiger partial charge is 0.308 e. The van der Waals surface area contributed by atoms with Gasteiger partial charge < -0.3 is 15.7 Å². The molecule has 0 aromatic heterocycles. The van der Waals surface area contributed by atoms with Gasteiger partial charge in [-0.15, -0.1) is 0 Å². The minimum atomic E-state index is -0.948. The van der Waals surface area contributed by atoms with Crippen LogP contribution < -0.4 is 5.73 Å². The zero-order chi connectivity index (χ0) is 16.4. The molecule has 8 nitrogen and oxygen atoms in total. The lowest BCUT2D eigenvalue weighted by Gasteiger charge is -2.34.